The molecule has 0 amide bonds. The van der Waals surface area contributed by atoms with E-state index < -0.39 is 0 Å². The first-order valence-electron chi connectivity index (χ1n) is 8.32. The number of hydrogen-bond donors (Lipinski definition) is 1. The fourth-order valence-corrected chi connectivity index (χ4v) is 2.86. The van der Waals surface area contributed by atoms with Crippen LogP contribution >= 0.6 is 0 Å². The summed E-state index contributed by atoms with van der Waals surface area (Å²) < 4.78 is 7.35. The van der Waals surface area contributed by atoms with Crippen molar-refractivity contribution in [3.8, 4) is 11.6 Å². The lowest BCUT2D eigenvalue weighted by atomic mass is 10.1. The van der Waals surface area contributed by atoms with Crippen LogP contribution in [0.3, 0.4) is 0 Å². The SMILES string of the molecule is COc1nc(C2=NOCC(c3ccccc3)N2)ccc1-n1cnc(C)c1. The molecular weight excluding hydrogens is 330 g/mol. The summed E-state index contributed by atoms with van der Waals surface area (Å²) in [4.78, 5) is 14.3. The van der Waals surface area contributed by atoms with Gasteiger partial charge in [0.1, 0.15) is 18.0 Å². The predicted octanol–water partition coefficient (Wildman–Crippen LogP) is 2.61. The van der Waals surface area contributed by atoms with E-state index in [1.54, 1.807) is 13.4 Å². The molecular formula is C19H19N5O2. The molecule has 26 heavy (non-hydrogen) atoms. The molecule has 1 unspecified atom stereocenters. The van der Waals surface area contributed by atoms with Crippen molar-refractivity contribution in [1.29, 1.82) is 0 Å². The Balaban J connectivity index is 1.62. The second-order valence-electron chi connectivity index (χ2n) is 5.99. The van der Waals surface area contributed by atoms with E-state index >= 15 is 0 Å². The number of nitrogens with zero attached hydrogens (tertiary/aromatic N) is 4. The number of aromatic nitrogens is 3. The number of amidine groups is 1. The van der Waals surface area contributed by atoms with Gasteiger partial charge in [0.2, 0.25) is 5.88 Å². The Morgan fingerprint density at radius 1 is 1.19 bits per heavy atom. The second kappa shape index (κ2) is 6.87. The average molecular weight is 349 g/mol. The molecule has 4 rings (SSSR count). The van der Waals surface area contributed by atoms with Crippen LogP contribution < -0.4 is 10.1 Å². The van der Waals surface area contributed by atoms with Crippen LogP contribution in [-0.2, 0) is 4.84 Å². The van der Waals surface area contributed by atoms with Crippen LogP contribution in [0.15, 0.2) is 60.1 Å². The summed E-state index contributed by atoms with van der Waals surface area (Å²) in [6.07, 6.45) is 3.66. The number of oxime groups is 1. The highest BCUT2D eigenvalue weighted by Gasteiger charge is 2.22. The summed E-state index contributed by atoms with van der Waals surface area (Å²) in [6, 6.07) is 14.0. The Hall–Kier alpha value is -3.35. The third kappa shape index (κ3) is 3.11. The van der Waals surface area contributed by atoms with Crippen LogP contribution in [0.4, 0.5) is 0 Å². The summed E-state index contributed by atoms with van der Waals surface area (Å²) in [5.74, 6) is 1.07. The van der Waals surface area contributed by atoms with Gasteiger partial charge in [0.05, 0.1) is 25.2 Å². The average Bonchev–Trinajstić information content (AvgIpc) is 3.14. The monoisotopic (exact) mass is 349 g/mol. The molecule has 1 aliphatic heterocycles. The molecule has 0 aliphatic carbocycles. The van der Waals surface area contributed by atoms with Crippen LogP contribution in [0.1, 0.15) is 23.0 Å². The third-order valence-corrected chi connectivity index (χ3v) is 4.18. The van der Waals surface area contributed by atoms with Gasteiger partial charge in [-0.1, -0.05) is 35.5 Å². The van der Waals surface area contributed by atoms with Gasteiger partial charge in [0.25, 0.3) is 0 Å². The van der Waals surface area contributed by atoms with Gasteiger partial charge < -0.3 is 19.5 Å². The standard InChI is InChI=1S/C19H19N5O2/c1-13-10-24(12-20-13)17-9-8-15(22-19(17)25-2)18-21-16(11-26-23-18)14-6-4-3-5-7-14/h3-10,12,16H,11H2,1-2H3,(H,21,23). The summed E-state index contributed by atoms with van der Waals surface area (Å²) in [5.41, 5.74) is 3.53. The Bertz CT molecular complexity index is 936. The van der Waals surface area contributed by atoms with Gasteiger partial charge in [-0.05, 0) is 24.6 Å². The van der Waals surface area contributed by atoms with E-state index in [9.17, 15) is 0 Å². The molecule has 7 heteroatoms. The van der Waals surface area contributed by atoms with E-state index in [1.807, 2.05) is 48.0 Å². The van der Waals surface area contributed by atoms with Gasteiger partial charge in [-0.15, -0.1) is 0 Å². The number of imidazole rings is 1. The van der Waals surface area contributed by atoms with Crippen molar-refractivity contribution in [1.82, 2.24) is 19.9 Å². The molecule has 0 bridgehead atoms. The highest BCUT2D eigenvalue weighted by molar-refractivity contribution is 5.97. The Labute approximate surface area is 151 Å². The van der Waals surface area contributed by atoms with E-state index in [1.165, 1.54) is 0 Å². The molecule has 1 aromatic carbocycles. The van der Waals surface area contributed by atoms with Crippen molar-refractivity contribution in [3.63, 3.8) is 0 Å². The molecule has 3 heterocycles. The number of ether oxygens (including phenoxy) is 1. The zero-order chi connectivity index (χ0) is 17.9. The zero-order valence-electron chi connectivity index (χ0n) is 14.6. The van der Waals surface area contributed by atoms with Crippen molar-refractivity contribution < 1.29 is 9.57 Å². The largest absolute Gasteiger partial charge is 0.479 e. The molecule has 1 N–H and O–H groups in total. The van der Waals surface area contributed by atoms with Gasteiger partial charge in [-0.25, -0.2) is 9.97 Å². The van der Waals surface area contributed by atoms with Gasteiger partial charge in [0.15, 0.2) is 5.84 Å². The quantitative estimate of drug-likeness (QED) is 0.784. The second-order valence-corrected chi connectivity index (χ2v) is 5.99. The minimum atomic E-state index is 0.0208. The number of nitrogens with one attached hydrogen (secondary N) is 1. The fourth-order valence-electron chi connectivity index (χ4n) is 2.86. The van der Waals surface area contributed by atoms with Crippen LogP contribution in [0.2, 0.25) is 0 Å². The van der Waals surface area contributed by atoms with E-state index in [0.717, 1.165) is 16.9 Å². The highest BCUT2D eigenvalue weighted by Crippen LogP contribution is 2.23. The number of rotatable bonds is 4. The molecule has 7 nitrogen and oxygen atoms in total. The van der Waals surface area contributed by atoms with Crippen molar-refractivity contribution in [2.45, 2.75) is 13.0 Å². The lowest BCUT2D eigenvalue weighted by Crippen LogP contribution is -2.36. The molecule has 1 atom stereocenters. The topological polar surface area (TPSA) is 73.6 Å². The summed E-state index contributed by atoms with van der Waals surface area (Å²) in [5, 5.41) is 7.51. The smallest absolute Gasteiger partial charge is 0.238 e. The molecule has 0 saturated heterocycles. The molecule has 0 saturated carbocycles. The number of benzene rings is 1. The number of aryl methyl sites for hydroxylation is 1. The lowest BCUT2D eigenvalue weighted by Gasteiger charge is -2.24. The first kappa shape index (κ1) is 16.1. The van der Waals surface area contributed by atoms with Gasteiger partial charge in [-0.2, -0.15) is 0 Å². The number of methoxy groups -OCH3 is 1. The van der Waals surface area contributed by atoms with Gasteiger partial charge in [-0.3, -0.25) is 0 Å². The van der Waals surface area contributed by atoms with E-state index in [4.69, 9.17) is 9.57 Å². The maximum atomic E-state index is 5.47. The third-order valence-electron chi connectivity index (χ3n) is 4.18. The van der Waals surface area contributed by atoms with Gasteiger partial charge >= 0.3 is 0 Å². The van der Waals surface area contributed by atoms with Gasteiger partial charge in [0, 0.05) is 6.20 Å². The molecule has 132 valence electrons. The normalized spacial score (nSPS) is 16.4. The first-order valence-corrected chi connectivity index (χ1v) is 8.32. The maximum absolute atomic E-state index is 5.47. The summed E-state index contributed by atoms with van der Waals surface area (Å²) >= 11 is 0. The Morgan fingerprint density at radius 3 is 2.77 bits per heavy atom. The maximum Gasteiger partial charge on any atom is 0.238 e. The molecule has 0 radical (unpaired) electrons. The molecule has 2 aromatic heterocycles. The lowest BCUT2D eigenvalue weighted by molar-refractivity contribution is 0.109. The molecule has 0 fully saturated rings. The number of hydrogen-bond acceptors (Lipinski definition) is 6. The Kier molecular flexibility index (Phi) is 4.27. The van der Waals surface area contributed by atoms with Crippen molar-refractivity contribution in [3.05, 3.63) is 71.9 Å². The van der Waals surface area contributed by atoms with Crippen molar-refractivity contribution in [2.24, 2.45) is 5.16 Å². The summed E-state index contributed by atoms with van der Waals surface area (Å²) in [6.45, 7) is 2.41. The van der Waals surface area contributed by atoms with E-state index in [0.29, 0.717) is 24.0 Å². The van der Waals surface area contributed by atoms with E-state index in [-0.39, 0.29) is 6.04 Å². The molecule has 1 aliphatic rings. The van der Waals surface area contributed by atoms with Crippen molar-refractivity contribution >= 4 is 5.84 Å². The van der Waals surface area contributed by atoms with Crippen LogP contribution in [-0.4, -0.2) is 34.1 Å². The first-order chi connectivity index (χ1) is 12.7. The predicted molar refractivity (Wildman–Crippen MR) is 97.5 cm³/mol. The zero-order valence-corrected chi connectivity index (χ0v) is 14.6. The van der Waals surface area contributed by atoms with Crippen LogP contribution in [0, 0.1) is 6.92 Å². The van der Waals surface area contributed by atoms with Crippen LogP contribution in [0.5, 0.6) is 5.88 Å². The summed E-state index contributed by atoms with van der Waals surface area (Å²) in [7, 11) is 1.60. The minimum Gasteiger partial charge on any atom is -0.479 e. The van der Waals surface area contributed by atoms with Crippen molar-refractivity contribution in [2.75, 3.05) is 13.7 Å². The number of pyridine rings is 1. The minimum absolute atomic E-state index is 0.0208. The molecule has 0 spiro atoms. The Morgan fingerprint density at radius 2 is 2.04 bits per heavy atom. The van der Waals surface area contributed by atoms with E-state index in [2.05, 4.69) is 32.6 Å². The fraction of sp³-hybridized carbons (Fsp3) is 0.211. The molecule has 3 aromatic rings. The van der Waals surface area contributed by atoms with Crippen LogP contribution in [0.25, 0.3) is 5.69 Å². The highest BCUT2D eigenvalue weighted by atomic mass is 16.6.